The Bertz CT molecular complexity index is 1040. The summed E-state index contributed by atoms with van der Waals surface area (Å²) in [6.07, 6.45) is 0.973. The van der Waals surface area contributed by atoms with Gasteiger partial charge in [0, 0.05) is 35.2 Å². The van der Waals surface area contributed by atoms with E-state index < -0.39 is 11.8 Å². The minimum absolute atomic E-state index is 0.0151. The first-order valence-electron chi connectivity index (χ1n) is 9.79. The number of anilines is 1. The van der Waals surface area contributed by atoms with Crippen molar-refractivity contribution in [1.82, 2.24) is 10.2 Å². The van der Waals surface area contributed by atoms with E-state index in [0.717, 1.165) is 19.5 Å². The highest BCUT2D eigenvalue weighted by molar-refractivity contribution is 7.10. The van der Waals surface area contributed by atoms with Crippen LogP contribution in [-0.2, 0) is 22.6 Å². The molecule has 1 aromatic heterocycles. The van der Waals surface area contributed by atoms with Crippen molar-refractivity contribution in [2.75, 3.05) is 18.4 Å². The number of thiophene rings is 1. The quantitative estimate of drug-likeness (QED) is 0.584. The van der Waals surface area contributed by atoms with Crippen LogP contribution in [0.25, 0.3) is 0 Å². The first-order chi connectivity index (χ1) is 14.6. The van der Waals surface area contributed by atoms with Gasteiger partial charge in [-0.25, -0.2) is 0 Å². The van der Waals surface area contributed by atoms with Crippen molar-refractivity contribution in [2.45, 2.75) is 19.0 Å². The lowest BCUT2D eigenvalue weighted by atomic mass is 9.98. The summed E-state index contributed by atoms with van der Waals surface area (Å²) in [5.74, 6) is -1.36. The van der Waals surface area contributed by atoms with Crippen LogP contribution >= 0.6 is 22.9 Å². The minimum Gasteiger partial charge on any atom is -0.346 e. The fourth-order valence-electron chi connectivity index (χ4n) is 3.70. The second-order valence-electron chi connectivity index (χ2n) is 7.19. The largest absolute Gasteiger partial charge is 0.346 e. The second kappa shape index (κ2) is 9.43. The fourth-order valence-corrected chi connectivity index (χ4v) is 4.75. The Kier molecular flexibility index (Phi) is 6.47. The van der Waals surface area contributed by atoms with Crippen molar-refractivity contribution in [3.8, 4) is 0 Å². The highest BCUT2D eigenvalue weighted by Gasteiger charge is 2.26. The lowest BCUT2D eigenvalue weighted by Crippen LogP contribution is -2.43. The van der Waals surface area contributed by atoms with Crippen molar-refractivity contribution in [1.29, 1.82) is 0 Å². The monoisotopic (exact) mass is 439 g/mol. The number of carbonyl (C=O) groups is 2. The fraction of sp³-hybridized carbons (Fsp3) is 0.217. The van der Waals surface area contributed by atoms with Gasteiger partial charge in [0.05, 0.1) is 6.04 Å². The SMILES string of the molecule is O=C(NCC(c1cccs1)N1CCc2ccccc2C1)C(=O)Nc1cccc(Cl)c1. The summed E-state index contributed by atoms with van der Waals surface area (Å²) < 4.78 is 0. The number of halogens is 1. The van der Waals surface area contributed by atoms with Gasteiger partial charge in [-0.05, 0) is 47.2 Å². The molecule has 7 heteroatoms. The van der Waals surface area contributed by atoms with Crippen LogP contribution in [0.4, 0.5) is 5.69 Å². The van der Waals surface area contributed by atoms with Crippen LogP contribution in [0.5, 0.6) is 0 Å². The number of nitrogens with one attached hydrogen (secondary N) is 2. The molecule has 0 aliphatic carbocycles. The molecule has 4 rings (SSSR count). The number of rotatable bonds is 5. The van der Waals surface area contributed by atoms with Crippen LogP contribution in [-0.4, -0.2) is 29.8 Å². The molecule has 5 nitrogen and oxygen atoms in total. The summed E-state index contributed by atoms with van der Waals surface area (Å²) in [7, 11) is 0. The number of hydrogen-bond acceptors (Lipinski definition) is 4. The van der Waals surface area contributed by atoms with Gasteiger partial charge in [-0.3, -0.25) is 14.5 Å². The number of nitrogens with zero attached hydrogens (tertiary/aromatic N) is 1. The maximum absolute atomic E-state index is 12.4. The van der Waals surface area contributed by atoms with E-state index in [1.54, 1.807) is 35.6 Å². The van der Waals surface area contributed by atoms with Gasteiger partial charge >= 0.3 is 11.8 Å². The Morgan fingerprint density at radius 1 is 1.03 bits per heavy atom. The van der Waals surface area contributed by atoms with Crippen molar-refractivity contribution < 1.29 is 9.59 Å². The highest BCUT2D eigenvalue weighted by atomic mass is 35.5. The van der Waals surface area contributed by atoms with Gasteiger partial charge < -0.3 is 10.6 Å². The van der Waals surface area contributed by atoms with Crippen LogP contribution in [0.1, 0.15) is 22.0 Å². The molecule has 0 fully saturated rings. The summed E-state index contributed by atoms with van der Waals surface area (Å²) >= 11 is 7.60. The summed E-state index contributed by atoms with van der Waals surface area (Å²) in [5, 5.41) is 7.93. The molecule has 1 aliphatic rings. The highest BCUT2D eigenvalue weighted by Crippen LogP contribution is 2.30. The molecule has 0 spiro atoms. The molecule has 154 valence electrons. The van der Waals surface area contributed by atoms with Crippen LogP contribution < -0.4 is 10.6 Å². The van der Waals surface area contributed by atoms with Crippen LogP contribution in [0.2, 0.25) is 5.02 Å². The van der Waals surface area contributed by atoms with Gasteiger partial charge in [-0.2, -0.15) is 0 Å². The molecule has 1 unspecified atom stereocenters. The predicted molar refractivity (Wildman–Crippen MR) is 121 cm³/mol. The van der Waals surface area contributed by atoms with E-state index in [1.807, 2.05) is 11.4 Å². The third-order valence-electron chi connectivity index (χ3n) is 5.22. The summed E-state index contributed by atoms with van der Waals surface area (Å²) in [4.78, 5) is 28.2. The Morgan fingerprint density at radius 3 is 2.63 bits per heavy atom. The molecule has 2 heterocycles. The van der Waals surface area contributed by atoms with Gasteiger partial charge in [-0.15, -0.1) is 11.3 Å². The van der Waals surface area contributed by atoms with Crippen molar-refractivity contribution in [2.24, 2.45) is 0 Å². The lowest BCUT2D eigenvalue weighted by molar-refractivity contribution is -0.136. The maximum Gasteiger partial charge on any atom is 0.313 e. The molecule has 0 saturated heterocycles. The van der Waals surface area contributed by atoms with Crippen molar-refractivity contribution in [3.63, 3.8) is 0 Å². The number of hydrogen-bond donors (Lipinski definition) is 2. The van der Waals surface area contributed by atoms with Crippen molar-refractivity contribution >= 4 is 40.4 Å². The molecule has 2 amide bonds. The summed E-state index contributed by atoms with van der Waals surface area (Å²) in [6, 6.07) is 19.3. The van der Waals surface area contributed by atoms with Crippen molar-refractivity contribution in [3.05, 3.63) is 87.1 Å². The average Bonchev–Trinajstić information content (AvgIpc) is 3.28. The first kappa shape index (κ1) is 20.6. The number of fused-ring (bicyclic) bond motifs is 1. The van der Waals surface area contributed by atoms with E-state index in [1.165, 1.54) is 16.0 Å². The van der Waals surface area contributed by atoms with Gasteiger partial charge in [0.25, 0.3) is 0 Å². The predicted octanol–water partition coefficient (Wildman–Crippen LogP) is 4.26. The molecule has 3 aromatic rings. The Hall–Kier alpha value is -2.67. The third-order valence-corrected chi connectivity index (χ3v) is 6.43. The maximum atomic E-state index is 12.4. The molecule has 0 saturated carbocycles. The second-order valence-corrected chi connectivity index (χ2v) is 8.61. The summed E-state index contributed by atoms with van der Waals surface area (Å²) in [6.45, 7) is 2.10. The molecule has 1 atom stereocenters. The van der Waals surface area contributed by atoms with Crippen LogP contribution in [0, 0.1) is 0 Å². The van der Waals surface area contributed by atoms with E-state index in [4.69, 9.17) is 11.6 Å². The summed E-state index contributed by atoms with van der Waals surface area (Å²) in [5.41, 5.74) is 3.18. The number of benzene rings is 2. The van der Waals surface area contributed by atoms with E-state index in [0.29, 0.717) is 17.3 Å². The van der Waals surface area contributed by atoms with Crippen LogP contribution in [0.3, 0.4) is 0 Å². The molecule has 30 heavy (non-hydrogen) atoms. The Balaban J connectivity index is 1.42. The van der Waals surface area contributed by atoms with E-state index in [2.05, 4.69) is 45.9 Å². The lowest BCUT2D eigenvalue weighted by Gasteiger charge is -2.35. The number of carbonyl (C=O) groups excluding carboxylic acids is 2. The van der Waals surface area contributed by atoms with Gasteiger partial charge in [0.15, 0.2) is 0 Å². The molecule has 0 radical (unpaired) electrons. The average molecular weight is 440 g/mol. The normalized spacial score (nSPS) is 14.6. The number of amides is 2. The van der Waals surface area contributed by atoms with Gasteiger partial charge in [0.2, 0.25) is 0 Å². The minimum atomic E-state index is -0.703. The molecule has 0 bridgehead atoms. The van der Waals surface area contributed by atoms with Gasteiger partial charge in [0.1, 0.15) is 0 Å². The molecular formula is C23H22ClN3O2S. The standard InChI is InChI=1S/C23H22ClN3O2S/c24-18-7-3-8-19(13-18)26-23(29)22(28)25-14-20(21-9-4-12-30-21)27-11-10-16-5-1-2-6-17(16)15-27/h1-9,12-13,20H,10-11,14-15H2,(H,25,28)(H,26,29). The first-order valence-corrected chi connectivity index (χ1v) is 11.0. The Morgan fingerprint density at radius 2 is 1.87 bits per heavy atom. The third kappa shape index (κ3) is 4.90. The zero-order valence-corrected chi connectivity index (χ0v) is 17.9. The topological polar surface area (TPSA) is 61.4 Å². The van der Waals surface area contributed by atoms with E-state index >= 15 is 0 Å². The van der Waals surface area contributed by atoms with E-state index in [9.17, 15) is 9.59 Å². The van der Waals surface area contributed by atoms with Crippen LogP contribution in [0.15, 0.2) is 66.0 Å². The zero-order chi connectivity index (χ0) is 20.9. The zero-order valence-electron chi connectivity index (χ0n) is 16.3. The van der Waals surface area contributed by atoms with Gasteiger partial charge in [-0.1, -0.05) is 48.0 Å². The smallest absolute Gasteiger partial charge is 0.313 e. The molecule has 2 aromatic carbocycles. The molecule has 2 N–H and O–H groups in total. The Labute approximate surface area is 184 Å². The molecular weight excluding hydrogens is 418 g/mol. The molecule has 1 aliphatic heterocycles. The van der Waals surface area contributed by atoms with E-state index in [-0.39, 0.29) is 6.04 Å².